The number of anilines is 2. The molecule has 13 heteroatoms. The summed E-state index contributed by atoms with van der Waals surface area (Å²) in [6.45, 7) is 0.0570. The quantitative estimate of drug-likeness (QED) is 0.210. The first kappa shape index (κ1) is 28.8. The summed E-state index contributed by atoms with van der Waals surface area (Å²) in [5, 5.41) is 2.17. The standard InChI is InChI=1S/C30H19Cl2N3O6S2/c31-23-12-6-17(14-24(23)32)16-35-25-13-11-21(15-22(25)26(29(35)37)27-28(36)33-30(38)42-27)43(39,40)34-18-7-9-20(10-8-18)41-19-4-2-1-3-5-19/h1-15,34H,16H2,(H,33,36,38)/b27-26-. The predicted octanol–water partition coefficient (Wildman–Crippen LogP) is 6.83. The second-order valence-corrected chi connectivity index (χ2v) is 12.9. The molecule has 0 atom stereocenters. The highest BCUT2D eigenvalue weighted by molar-refractivity contribution is 8.18. The van der Waals surface area contributed by atoms with Crippen LogP contribution in [0.25, 0.3) is 5.57 Å². The van der Waals surface area contributed by atoms with Crippen molar-refractivity contribution in [3.63, 3.8) is 0 Å². The van der Waals surface area contributed by atoms with Gasteiger partial charge in [-0.1, -0.05) is 47.5 Å². The minimum Gasteiger partial charge on any atom is -0.457 e. The van der Waals surface area contributed by atoms with Crippen LogP contribution in [-0.4, -0.2) is 25.5 Å². The number of hydrogen-bond acceptors (Lipinski definition) is 7. The van der Waals surface area contributed by atoms with E-state index in [2.05, 4.69) is 10.0 Å². The first-order chi connectivity index (χ1) is 20.6. The third-order valence-corrected chi connectivity index (χ3v) is 9.55. The molecule has 6 rings (SSSR count). The number of halogens is 2. The summed E-state index contributed by atoms with van der Waals surface area (Å²) in [5.41, 5.74) is 1.44. The van der Waals surface area contributed by atoms with Gasteiger partial charge in [-0.25, -0.2) is 8.42 Å². The molecule has 4 aromatic carbocycles. The summed E-state index contributed by atoms with van der Waals surface area (Å²) < 4.78 is 35.1. The van der Waals surface area contributed by atoms with E-state index in [1.807, 2.05) is 18.2 Å². The van der Waals surface area contributed by atoms with E-state index in [9.17, 15) is 22.8 Å². The zero-order valence-corrected chi connectivity index (χ0v) is 25.0. The van der Waals surface area contributed by atoms with Crippen LogP contribution in [0, 0.1) is 0 Å². The molecule has 9 nitrogen and oxygen atoms in total. The Morgan fingerprint density at radius 1 is 0.837 bits per heavy atom. The number of nitrogens with zero attached hydrogens (tertiary/aromatic N) is 1. The Balaban J connectivity index is 1.33. The normalized spacial score (nSPS) is 16.3. The van der Waals surface area contributed by atoms with Gasteiger partial charge in [0.05, 0.1) is 37.7 Å². The van der Waals surface area contributed by atoms with Gasteiger partial charge in [0.15, 0.2) is 0 Å². The van der Waals surface area contributed by atoms with Gasteiger partial charge in [-0.2, -0.15) is 0 Å². The number of benzene rings is 4. The Morgan fingerprint density at radius 3 is 2.23 bits per heavy atom. The molecule has 2 N–H and O–H groups in total. The van der Waals surface area contributed by atoms with Crippen molar-refractivity contribution in [2.24, 2.45) is 0 Å². The largest absolute Gasteiger partial charge is 0.457 e. The lowest BCUT2D eigenvalue weighted by atomic mass is 10.1. The average molecular weight is 653 g/mol. The van der Waals surface area contributed by atoms with Crippen molar-refractivity contribution in [3.05, 3.63) is 117 Å². The van der Waals surface area contributed by atoms with Crippen LogP contribution < -0.4 is 19.7 Å². The van der Waals surface area contributed by atoms with Crippen molar-refractivity contribution in [2.75, 3.05) is 9.62 Å². The Bertz CT molecular complexity index is 1950. The predicted molar refractivity (Wildman–Crippen MR) is 166 cm³/mol. The zero-order chi connectivity index (χ0) is 30.3. The molecule has 0 spiro atoms. The summed E-state index contributed by atoms with van der Waals surface area (Å²) in [6, 6.07) is 24.6. The fraction of sp³-hybridized carbons (Fsp3) is 0.0333. The third kappa shape index (κ3) is 5.84. The van der Waals surface area contributed by atoms with E-state index in [-0.39, 0.29) is 33.2 Å². The first-order valence-corrected chi connectivity index (χ1v) is 15.7. The monoisotopic (exact) mass is 651 g/mol. The van der Waals surface area contributed by atoms with E-state index in [0.717, 1.165) is 0 Å². The highest BCUT2D eigenvalue weighted by Crippen LogP contribution is 2.44. The number of carbonyl (C=O) groups excluding carboxylic acids is 3. The number of amides is 3. The van der Waals surface area contributed by atoms with Crippen molar-refractivity contribution in [2.45, 2.75) is 11.4 Å². The SMILES string of the molecule is O=C1NC(=O)/C(=C2/C(=O)N(Cc3ccc(Cl)c(Cl)c3)c3ccc(S(=O)(=O)Nc4ccc(Oc5ccccc5)cc4)cc32)S1. The van der Waals surface area contributed by atoms with E-state index in [1.165, 1.54) is 23.1 Å². The Labute approximate surface area is 260 Å². The van der Waals surface area contributed by atoms with E-state index < -0.39 is 27.1 Å². The highest BCUT2D eigenvalue weighted by Gasteiger charge is 2.40. The van der Waals surface area contributed by atoms with Crippen molar-refractivity contribution < 1.29 is 27.5 Å². The number of fused-ring (bicyclic) bond motifs is 1. The van der Waals surface area contributed by atoms with Crippen LogP contribution in [0.15, 0.2) is 101 Å². The maximum atomic E-state index is 13.7. The van der Waals surface area contributed by atoms with Gasteiger partial charge in [-0.05, 0) is 84.1 Å². The molecule has 2 heterocycles. The maximum Gasteiger partial charge on any atom is 0.290 e. The van der Waals surface area contributed by atoms with Gasteiger partial charge in [0.25, 0.3) is 27.1 Å². The summed E-state index contributed by atoms with van der Waals surface area (Å²) in [7, 11) is -4.13. The first-order valence-electron chi connectivity index (χ1n) is 12.6. The van der Waals surface area contributed by atoms with Crippen LogP contribution in [-0.2, 0) is 26.2 Å². The summed E-state index contributed by atoms with van der Waals surface area (Å²) >= 11 is 12.8. The summed E-state index contributed by atoms with van der Waals surface area (Å²) in [4.78, 5) is 39.4. The molecule has 0 radical (unpaired) electrons. The van der Waals surface area contributed by atoms with Crippen LogP contribution in [0.1, 0.15) is 11.1 Å². The molecule has 216 valence electrons. The molecule has 0 aromatic heterocycles. The zero-order valence-electron chi connectivity index (χ0n) is 21.8. The van der Waals surface area contributed by atoms with Gasteiger partial charge < -0.3 is 9.64 Å². The number of rotatable bonds is 7. The molecular formula is C30H19Cl2N3O6S2. The van der Waals surface area contributed by atoms with Crippen LogP contribution in [0.3, 0.4) is 0 Å². The van der Waals surface area contributed by atoms with Gasteiger partial charge >= 0.3 is 0 Å². The molecule has 2 aliphatic rings. The number of imide groups is 1. The van der Waals surface area contributed by atoms with Crippen LogP contribution in [0.4, 0.5) is 16.2 Å². The van der Waals surface area contributed by atoms with Gasteiger partial charge in [0, 0.05) is 11.3 Å². The topological polar surface area (TPSA) is 122 Å². The molecule has 0 aliphatic carbocycles. The van der Waals surface area contributed by atoms with Crippen molar-refractivity contribution in [3.8, 4) is 11.5 Å². The van der Waals surface area contributed by atoms with Gasteiger partial charge in [0.2, 0.25) is 0 Å². The third-order valence-electron chi connectivity index (χ3n) is 6.55. The van der Waals surface area contributed by atoms with E-state index in [0.29, 0.717) is 44.6 Å². The van der Waals surface area contributed by atoms with Crippen molar-refractivity contribution >= 4 is 79.0 Å². The average Bonchev–Trinajstić information content (AvgIpc) is 3.45. The fourth-order valence-corrected chi connectivity index (χ4v) is 6.76. The van der Waals surface area contributed by atoms with Gasteiger partial charge in [-0.15, -0.1) is 0 Å². The fourth-order valence-electron chi connectivity index (χ4n) is 4.58. The minimum absolute atomic E-state index is 0.0570. The lowest BCUT2D eigenvalue weighted by molar-refractivity contribution is -0.116. The summed E-state index contributed by atoms with van der Waals surface area (Å²) in [6.07, 6.45) is 0. The molecule has 4 aromatic rings. The number of sulfonamides is 1. The lowest BCUT2D eigenvalue weighted by Gasteiger charge is -2.18. The van der Waals surface area contributed by atoms with Gasteiger partial charge in [0.1, 0.15) is 11.5 Å². The van der Waals surface area contributed by atoms with Crippen LogP contribution >= 0.6 is 35.0 Å². The Kier molecular flexibility index (Phi) is 7.65. The lowest BCUT2D eigenvalue weighted by Crippen LogP contribution is -2.26. The molecule has 2 aliphatic heterocycles. The van der Waals surface area contributed by atoms with Crippen molar-refractivity contribution in [1.82, 2.24) is 5.32 Å². The molecule has 0 unspecified atom stereocenters. The van der Waals surface area contributed by atoms with E-state index in [1.54, 1.807) is 54.6 Å². The number of ether oxygens (including phenoxy) is 1. The molecule has 3 amide bonds. The molecular weight excluding hydrogens is 633 g/mol. The van der Waals surface area contributed by atoms with Gasteiger partial charge in [-0.3, -0.25) is 24.4 Å². The number of nitrogens with one attached hydrogen (secondary N) is 2. The van der Waals surface area contributed by atoms with Crippen LogP contribution in [0.5, 0.6) is 11.5 Å². The molecule has 0 saturated carbocycles. The highest BCUT2D eigenvalue weighted by atomic mass is 35.5. The Hall–Kier alpha value is -4.29. The van der Waals surface area contributed by atoms with Crippen LogP contribution in [0.2, 0.25) is 10.0 Å². The maximum absolute atomic E-state index is 13.7. The smallest absolute Gasteiger partial charge is 0.290 e. The number of carbonyl (C=O) groups is 3. The molecule has 43 heavy (non-hydrogen) atoms. The number of thioether (sulfide) groups is 1. The number of hydrogen-bond donors (Lipinski definition) is 2. The van der Waals surface area contributed by atoms with Crippen molar-refractivity contribution in [1.29, 1.82) is 0 Å². The molecule has 1 fully saturated rings. The number of para-hydroxylation sites is 1. The summed E-state index contributed by atoms with van der Waals surface area (Å²) in [5.74, 6) is -0.141. The molecule has 1 saturated heterocycles. The Morgan fingerprint density at radius 2 is 1.56 bits per heavy atom. The second kappa shape index (κ2) is 11.4. The van der Waals surface area contributed by atoms with E-state index in [4.69, 9.17) is 27.9 Å². The minimum atomic E-state index is -4.13. The molecule has 0 bridgehead atoms. The second-order valence-electron chi connectivity index (χ2n) is 9.41. The van der Waals surface area contributed by atoms with E-state index >= 15 is 0 Å².